The van der Waals surface area contributed by atoms with E-state index in [9.17, 15) is 14.4 Å². The van der Waals surface area contributed by atoms with E-state index in [1.54, 1.807) is 11.4 Å². The molecule has 8 heteroatoms. The van der Waals surface area contributed by atoms with Crippen LogP contribution >= 0.6 is 11.3 Å². The Morgan fingerprint density at radius 3 is 3.18 bits per heavy atom. The van der Waals surface area contributed by atoms with Gasteiger partial charge in [-0.3, -0.25) is 19.0 Å². The number of fused-ring (bicyclic) bond motifs is 1. The van der Waals surface area contributed by atoms with Gasteiger partial charge in [-0.05, 0) is 30.7 Å². The van der Waals surface area contributed by atoms with Crippen LogP contribution in [0.2, 0.25) is 0 Å². The molecule has 1 aliphatic rings. The lowest BCUT2D eigenvalue weighted by atomic mass is 10.1. The lowest BCUT2D eigenvalue weighted by Gasteiger charge is -2.15. The highest BCUT2D eigenvalue weighted by Crippen LogP contribution is 2.13. The molecule has 2 N–H and O–H groups in total. The van der Waals surface area contributed by atoms with Crippen molar-refractivity contribution in [3.05, 3.63) is 28.1 Å². The molecule has 116 valence electrons. The molecule has 2 aromatic rings. The minimum Gasteiger partial charge on any atom is -0.354 e. The molecule has 1 fully saturated rings. The molecule has 0 unspecified atom stereocenters. The minimum atomic E-state index is -0.525. The second-order valence-electron chi connectivity index (χ2n) is 5.22. The normalized spacial score (nSPS) is 18.7. The van der Waals surface area contributed by atoms with Crippen molar-refractivity contribution in [1.82, 2.24) is 20.2 Å². The quantitative estimate of drug-likeness (QED) is 0.847. The summed E-state index contributed by atoms with van der Waals surface area (Å²) >= 11 is 1.38. The first-order valence-corrected chi connectivity index (χ1v) is 8.03. The molecule has 1 aliphatic heterocycles. The van der Waals surface area contributed by atoms with E-state index in [2.05, 4.69) is 15.6 Å². The summed E-state index contributed by atoms with van der Waals surface area (Å²) in [5, 5.41) is 7.75. The molecule has 3 rings (SSSR count). The van der Waals surface area contributed by atoms with Gasteiger partial charge in [0.15, 0.2) is 0 Å². The molecule has 2 amide bonds. The van der Waals surface area contributed by atoms with E-state index >= 15 is 0 Å². The van der Waals surface area contributed by atoms with Crippen LogP contribution in [-0.4, -0.2) is 34.0 Å². The highest BCUT2D eigenvalue weighted by molar-refractivity contribution is 7.16. The van der Waals surface area contributed by atoms with Gasteiger partial charge >= 0.3 is 0 Å². The van der Waals surface area contributed by atoms with Crippen LogP contribution in [0.25, 0.3) is 10.2 Å². The van der Waals surface area contributed by atoms with Gasteiger partial charge in [0, 0.05) is 6.54 Å². The summed E-state index contributed by atoms with van der Waals surface area (Å²) in [6, 6.07) is 1.17. The molecule has 0 aliphatic carbocycles. The van der Waals surface area contributed by atoms with Crippen LogP contribution < -0.4 is 16.2 Å². The van der Waals surface area contributed by atoms with Gasteiger partial charge in [-0.15, -0.1) is 11.3 Å². The molecule has 1 atom stereocenters. The molecule has 7 nitrogen and oxygen atoms in total. The van der Waals surface area contributed by atoms with E-state index in [0.717, 1.165) is 12.8 Å². The topological polar surface area (TPSA) is 93.1 Å². The zero-order valence-corrected chi connectivity index (χ0v) is 12.7. The number of amides is 2. The summed E-state index contributed by atoms with van der Waals surface area (Å²) in [6.45, 7) is 0.505. The largest absolute Gasteiger partial charge is 0.354 e. The number of rotatable bonds is 3. The van der Waals surface area contributed by atoms with Gasteiger partial charge in [0.05, 0.1) is 11.7 Å². The smallest absolute Gasteiger partial charge is 0.262 e. The molecule has 0 radical (unpaired) electrons. The Kier molecular flexibility index (Phi) is 4.19. The zero-order valence-electron chi connectivity index (χ0n) is 11.9. The van der Waals surface area contributed by atoms with Crippen LogP contribution in [0.15, 0.2) is 22.6 Å². The van der Waals surface area contributed by atoms with Crippen molar-refractivity contribution in [2.75, 3.05) is 6.54 Å². The van der Waals surface area contributed by atoms with Crippen molar-refractivity contribution in [2.45, 2.75) is 31.8 Å². The molecule has 0 bridgehead atoms. The number of thiophene rings is 1. The highest BCUT2D eigenvalue weighted by Gasteiger charge is 2.22. The Balaban J connectivity index is 1.71. The lowest BCUT2D eigenvalue weighted by molar-refractivity contribution is -0.129. The molecule has 22 heavy (non-hydrogen) atoms. The Hall–Kier alpha value is -2.22. The third kappa shape index (κ3) is 3.01. The third-order valence-corrected chi connectivity index (χ3v) is 4.46. The summed E-state index contributed by atoms with van der Waals surface area (Å²) in [6.07, 6.45) is 3.78. The predicted molar refractivity (Wildman–Crippen MR) is 82.7 cm³/mol. The van der Waals surface area contributed by atoms with Crippen molar-refractivity contribution in [1.29, 1.82) is 0 Å². The number of nitrogens with zero attached hydrogens (tertiary/aromatic N) is 2. The maximum atomic E-state index is 12.2. The second kappa shape index (κ2) is 6.27. The number of carbonyl (C=O) groups is 2. The van der Waals surface area contributed by atoms with Crippen LogP contribution in [0.5, 0.6) is 0 Å². The Morgan fingerprint density at radius 2 is 2.32 bits per heavy atom. The van der Waals surface area contributed by atoms with Crippen molar-refractivity contribution >= 4 is 33.4 Å². The van der Waals surface area contributed by atoms with Crippen molar-refractivity contribution in [3.63, 3.8) is 0 Å². The number of carbonyl (C=O) groups excluding carboxylic acids is 2. The maximum absolute atomic E-state index is 12.2. The molecule has 0 spiro atoms. The van der Waals surface area contributed by atoms with E-state index in [1.165, 1.54) is 22.2 Å². The fraction of sp³-hybridized carbons (Fsp3) is 0.429. The molecule has 1 saturated heterocycles. The minimum absolute atomic E-state index is 0.138. The average Bonchev–Trinajstić information content (AvgIpc) is 2.89. The van der Waals surface area contributed by atoms with Gasteiger partial charge in [0.2, 0.25) is 11.8 Å². The average molecular weight is 320 g/mol. The van der Waals surface area contributed by atoms with Gasteiger partial charge in [-0.1, -0.05) is 0 Å². The van der Waals surface area contributed by atoms with Crippen LogP contribution in [0.1, 0.15) is 19.3 Å². The number of hydrogen-bond acceptors (Lipinski definition) is 5. The standard InChI is InChI=1S/C14H16N4O3S/c19-11(17-10-3-1-2-5-15-12(10)20)7-18-8-16-13-9(14(18)21)4-6-22-13/h4,6,8,10H,1-3,5,7H2,(H,15,20)(H,17,19)/t10-/m1/s1. The summed E-state index contributed by atoms with van der Waals surface area (Å²) in [5.74, 6) is -0.523. The van der Waals surface area contributed by atoms with E-state index in [-0.39, 0.29) is 23.9 Å². The highest BCUT2D eigenvalue weighted by atomic mass is 32.1. The molecule has 2 aromatic heterocycles. The van der Waals surface area contributed by atoms with E-state index in [0.29, 0.717) is 23.2 Å². The van der Waals surface area contributed by atoms with Gasteiger partial charge < -0.3 is 10.6 Å². The zero-order chi connectivity index (χ0) is 15.5. The Labute approximate surface area is 130 Å². The monoisotopic (exact) mass is 320 g/mol. The first-order chi connectivity index (χ1) is 10.6. The van der Waals surface area contributed by atoms with E-state index in [4.69, 9.17) is 0 Å². The Morgan fingerprint density at radius 1 is 1.45 bits per heavy atom. The van der Waals surface area contributed by atoms with Gasteiger partial charge in [0.25, 0.3) is 5.56 Å². The maximum Gasteiger partial charge on any atom is 0.262 e. The third-order valence-electron chi connectivity index (χ3n) is 3.63. The summed E-state index contributed by atoms with van der Waals surface area (Å²) in [4.78, 5) is 40.9. The molecule has 0 aromatic carbocycles. The first-order valence-electron chi connectivity index (χ1n) is 7.15. The molecule has 3 heterocycles. The first kappa shape index (κ1) is 14.7. The van der Waals surface area contributed by atoms with E-state index < -0.39 is 6.04 Å². The van der Waals surface area contributed by atoms with Gasteiger partial charge in [0.1, 0.15) is 17.4 Å². The number of hydrogen-bond donors (Lipinski definition) is 2. The molecular formula is C14H16N4O3S. The van der Waals surface area contributed by atoms with E-state index in [1.807, 2.05) is 0 Å². The summed E-state index contributed by atoms with van der Waals surface area (Å²) in [5.41, 5.74) is -0.244. The summed E-state index contributed by atoms with van der Waals surface area (Å²) in [7, 11) is 0. The molecular weight excluding hydrogens is 304 g/mol. The van der Waals surface area contributed by atoms with Gasteiger partial charge in [-0.25, -0.2) is 4.98 Å². The van der Waals surface area contributed by atoms with Crippen molar-refractivity contribution in [2.24, 2.45) is 0 Å². The Bertz CT molecular complexity index is 767. The van der Waals surface area contributed by atoms with Gasteiger partial charge in [-0.2, -0.15) is 0 Å². The number of aromatic nitrogens is 2. The van der Waals surface area contributed by atoms with Crippen LogP contribution in [-0.2, 0) is 16.1 Å². The SMILES string of the molecule is O=C(Cn1cnc2sccc2c1=O)N[C@@H]1CCCCNC1=O. The van der Waals surface area contributed by atoms with Crippen molar-refractivity contribution in [3.8, 4) is 0 Å². The van der Waals surface area contributed by atoms with Crippen LogP contribution in [0, 0.1) is 0 Å². The predicted octanol–water partition coefficient (Wildman–Crippen LogP) is 0.243. The second-order valence-corrected chi connectivity index (χ2v) is 6.12. The fourth-order valence-electron chi connectivity index (χ4n) is 2.48. The number of nitrogens with one attached hydrogen (secondary N) is 2. The summed E-state index contributed by atoms with van der Waals surface area (Å²) < 4.78 is 1.26. The lowest BCUT2D eigenvalue weighted by Crippen LogP contribution is -2.47. The van der Waals surface area contributed by atoms with Crippen LogP contribution in [0.4, 0.5) is 0 Å². The van der Waals surface area contributed by atoms with Crippen LogP contribution in [0.3, 0.4) is 0 Å². The van der Waals surface area contributed by atoms with Crippen molar-refractivity contribution < 1.29 is 9.59 Å². The molecule has 0 saturated carbocycles. The fourth-order valence-corrected chi connectivity index (χ4v) is 3.20.